The van der Waals surface area contributed by atoms with Crippen molar-refractivity contribution >= 4 is 29.2 Å². The van der Waals surface area contributed by atoms with Crippen LogP contribution in [0.3, 0.4) is 0 Å². The third-order valence-corrected chi connectivity index (χ3v) is 5.85. The van der Waals surface area contributed by atoms with Crippen LogP contribution < -0.4 is 0 Å². The van der Waals surface area contributed by atoms with Crippen molar-refractivity contribution in [1.29, 1.82) is 5.26 Å². The molecule has 3 nitrogen and oxygen atoms in total. The molecule has 156 valence electrons. The van der Waals surface area contributed by atoms with Crippen molar-refractivity contribution in [2.24, 2.45) is 0 Å². The van der Waals surface area contributed by atoms with E-state index in [2.05, 4.69) is 6.07 Å². The molecule has 0 fully saturated rings. The minimum absolute atomic E-state index is 0.0597. The molecule has 4 aromatic rings. The quantitative estimate of drug-likeness (QED) is 0.337. The molecule has 0 aliphatic carbocycles. The first-order valence-corrected chi connectivity index (χ1v) is 10.6. The predicted molar refractivity (Wildman–Crippen MR) is 129 cm³/mol. The van der Waals surface area contributed by atoms with Gasteiger partial charge in [0, 0.05) is 21.2 Å². The fraction of sp³-hybridized carbons (Fsp3) is 0.0370. The molecule has 0 aliphatic rings. The van der Waals surface area contributed by atoms with E-state index < -0.39 is 5.97 Å². The third kappa shape index (κ3) is 4.53. The van der Waals surface area contributed by atoms with E-state index in [4.69, 9.17) is 28.5 Å². The van der Waals surface area contributed by atoms with Gasteiger partial charge >= 0.3 is 5.97 Å². The number of aliphatic carboxylic acids is 1. The van der Waals surface area contributed by atoms with E-state index in [1.54, 1.807) is 6.07 Å². The molecule has 32 heavy (non-hydrogen) atoms. The molecule has 0 heterocycles. The van der Waals surface area contributed by atoms with E-state index in [1.807, 2.05) is 78.9 Å². The van der Waals surface area contributed by atoms with Crippen LogP contribution in [-0.2, 0) is 11.2 Å². The summed E-state index contributed by atoms with van der Waals surface area (Å²) in [5.74, 6) is -0.882. The van der Waals surface area contributed by atoms with Gasteiger partial charge in [0.25, 0.3) is 0 Å². The van der Waals surface area contributed by atoms with Crippen molar-refractivity contribution < 1.29 is 9.90 Å². The summed E-state index contributed by atoms with van der Waals surface area (Å²) in [6.45, 7) is 0. The topological polar surface area (TPSA) is 61.1 Å². The van der Waals surface area contributed by atoms with Gasteiger partial charge in [-0.25, -0.2) is 0 Å². The highest BCUT2D eigenvalue weighted by atomic mass is 35.5. The standard InChI is InChI=1S/C27H17Cl2NO2/c28-25-13-19(18-6-3-4-17(12-18)16-30)8-10-23(25)24-11-9-21(14-26(24)29)22-7-2-1-5-20(22)15-27(31)32/h1-14H,15H2,(H,31,32). The Morgan fingerprint density at radius 2 is 1.38 bits per heavy atom. The lowest BCUT2D eigenvalue weighted by Gasteiger charge is -2.13. The second kappa shape index (κ2) is 9.28. The van der Waals surface area contributed by atoms with Crippen molar-refractivity contribution in [3.05, 3.63) is 106 Å². The predicted octanol–water partition coefficient (Wildman–Crippen LogP) is 7.49. The Morgan fingerprint density at radius 1 is 0.750 bits per heavy atom. The zero-order valence-corrected chi connectivity index (χ0v) is 18.4. The van der Waals surface area contributed by atoms with Crippen LogP contribution in [0, 0.1) is 11.3 Å². The zero-order chi connectivity index (χ0) is 22.7. The fourth-order valence-electron chi connectivity index (χ4n) is 3.70. The van der Waals surface area contributed by atoms with Gasteiger partial charge < -0.3 is 5.11 Å². The summed E-state index contributed by atoms with van der Waals surface area (Å²) in [7, 11) is 0. The minimum Gasteiger partial charge on any atom is -0.481 e. The molecule has 0 saturated carbocycles. The summed E-state index contributed by atoms with van der Waals surface area (Å²) in [5.41, 5.74) is 6.39. The minimum atomic E-state index is -0.882. The molecule has 0 aliphatic heterocycles. The molecular weight excluding hydrogens is 441 g/mol. The van der Waals surface area contributed by atoms with Crippen LogP contribution in [0.25, 0.3) is 33.4 Å². The van der Waals surface area contributed by atoms with Gasteiger partial charge in [0.1, 0.15) is 0 Å². The van der Waals surface area contributed by atoms with Gasteiger partial charge in [-0.1, -0.05) is 83.9 Å². The number of halogens is 2. The lowest BCUT2D eigenvalue weighted by Crippen LogP contribution is -2.01. The summed E-state index contributed by atoms with van der Waals surface area (Å²) in [6, 6.07) is 28.3. The van der Waals surface area contributed by atoms with Gasteiger partial charge in [-0.05, 0) is 52.1 Å². The summed E-state index contributed by atoms with van der Waals surface area (Å²) >= 11 is 13.2. The largest absolute Gasteiger partial charge is 0.481 e. The van der Waals surface area contributed by atoms with Crippen molar-refractivity contribution in [2.75, 3.05) is 0 Å². The van der Waals surface area contributed by atoms with Gasteiger partial charge in [-0.2, -0.15) is 5.26 Å². The van der Waals surface area contributed by atoms with E-state index >= 15 is 0 Å². The second-order valence-electron chi connectivity index (χ2n) is 7.31. The molecule has 0 bridgehead atoms. The molecular formula is C27H17Cl2NO2. The average molecular weight is 458 g/mol. The Morgan fingerprint density at radius 3 is 2.03 bits per heavy atom. The monoisotopic (exact) mass is 457 g/mol. The molecule has 0 atom stereocenters. The summed E-state index contributed by atoms with van der Waals surface area (Å²) in [5, 5.41) is 19.4. The maximum Gasteiger partial charge on any atom is 0.307 e. The maximum absolute atomic E-state index is 11.2. The van der Waals surface area contributed by atoms with Crippen LogP contribution in [0.15, 0.2) is 84.9 Å². The first-order chi connectivity index (χ1) is 15.5. The van der Waals surface area contributed by atoms with E-state index in [9.17, 15) is 9.90 Å². The zero-order valence-electron chi connectivity index (χ0n) is 16.8. The van der Waals surface area contributed by atoms with Crippen LogP contribution in [0.4, 0.5) is 0 Å². The highest BCUT2D eigenvalue weighted by Crippen LogP contribution is 2.38. The van der Waals surface area contributed by atoms with E-state index in [0.29, 0.717) is 15.6 Å². The van der Waals surface area contributed by atoms with Crippen molar-refractivity contribution in [2.45, 2.75) is 6.42 Å². The molecule has 0 unspecified atom stereocenters. The lowest BCUT2D eigenvalue weighted by atomic mass is 9.94. The normalized spacial score (nSPS) is 10.5. The summed E-state index contributed by atoms with van der Waals surface area (Å²) in [6.07, 6.45) is -0.0597. The van der Waals surface area contributed by atoms with Gasteiger partial charge in [0.2, 0.25) is 0 Å². The number of carboxylic acid groups (broad SMARTS) is 1. The Labute approximate surface area is 196 Å². The molecule has 1 N–H and O–H groups in total. The highest BCUT2D eigenvalue weighted by molar-refractivity contribution is 6.36. The SMILES string of the molecule is N#Cc1cccc(-c2ccc(-c3ccc(-c4ccccc4CC(=O)O)cc3Cl)c(Cl)c2)c1. The first-order valence-electron chi connectivity index (χ1n) is 9.86. The third-order valence-electron chi connectivity index (χ3n) is 5.22. The Hall–Kier alpha value is -3.58. The van der Waals surface area contributed by atoms with E-state index in [0.717, 1.165) is 38.9 Å². The molecule has 0 radical (unpaired) electrons. The number of benzene rings is 4. The summed E-state index contributed by atoms with van der Waals surface area (Å²) < 4.78 is 0. The van der Waals surface area contributed by atoms with E-state index in [1.165, 1.54) is 0 Å². The van der Waals surface area contributed by atoms with Gasteiger partial charge in [0.05, 0.1) is 18.1 Å². The molecule has 5 heteroatoms. The summed E-state index contributed by atoms with van der Waals surface area (Å²) in [4.78, 5) is 11.2. The second-order valence-corrected chi connectivity index (χ2v) is 8.12. The van der Waals surface area contributed by atoms with Crippen LogP contribution in [-0.4, -0.2) is 11.1 Å². The maximum atomic E-state index is 11.2. The number of carbonyl (C=O) groups is 1. The lowest BCUT2D eigenvalue weighted by molar-refractivity contribution is -0.136. The van der Waals surface area contributed by atoms with Gasteiger partial charge in [-0.3, -0.25) is 4.79 Å². The average Bonchev–Trinajstić information content (AvgIpc) is 2.79. The molecule has 0 aromatic heterocycles. The Bertz CT molecular complexity index is 1370. The van der Waals surface area contributed by atoms with Crippen molar-refractivity contribution in [3.8, 4) is 39.4 Å². The highest BCUT2D eigenvalue weighted by Gasteiger charge is 2.13. The van der Waals surface area contributed by atoms with Crippen LogP contribution in [0.1, 0.15) is 11.1 Å². The van der Waals surface area contributed by atoms with Crippen LogP contribution in [0.2, 0.25) is 10.0 Å². The molecule has 4 rings (SSSR count). The number of hydrogen-bond donors (Lipinski definition) is 1. The van der Waals surface area contributed by atoms with Crippen molar-refractivity contribution in [1.82, 2.24) is 0 Å². The number of nitriles is 1. The van der Waals surface area contributed by atoms with Gasteiger partial charge in [-0.15, -0.1) is 0 Å². The first kappa shape index (κ1) is 21.6. The number of nitrogens with zero attached hydrogens (tertiary/aromatic N) is 1. The van der Waals surface area contributed by atoms with Crippen molar-refractivity contribution in [3.63, 3.8) is 0 Å². The van der Waals surface area contributed by atoms with Crippen LogP contribution in [0.5, 0.6) is 0 Å². The van der Waals surface area contributed by atoms with Gasteiger partial charge in [0.15, 0.2) is 0 Å². The number of rotatable bonds is 5. The number of hydrogen-bond acceptors (Lipinski definition) is 2. The number of carboxylic acids is 1. The molecule has 0 spiro atoms. The Balaban J connectivity index is 1.70. The fourth-order valence-corrected chi connectivity index (χ4v) is 4.27. The van der Waals surface area contributed by atoms with Crippen LogP contribution >= 0.6 is 23.2 Å². The smallest absolute Gasteiger partial charge is 0.307 e. The molecule has 4 aromatic carbocycles. The molecule has 0 saturated heterocycles. The van der Waals surface area contributed by atoms with E-state index in [-0.39, 0.29) is 6.42 Å². The Kier molecular flexibility index (Phi) is 6.28. The molecule has 0 amide bonds.